The summed E-state index contributed by atoms with van der Waals surface area (Å²) in [6.07, 6.45) is 4.56. The largest absolute Gasteiger partial charge is 0.469 e. The molecule has 0 N–H and O–H groups in total. The van der Waals surface area contributed by atoms with Gasteiger partial charge in [0.2, 0.25) is 0 Å². The van der Waals surface area contributed by atoms with Crippen molar-refractivity contribution in [1.82, 2.24) is 4.90 Å². The summed E-state index contributed by atoms with van der Waals surface area (Å²) in [7, 11) is 1.36. The number of piperidine rings is 1. The number of carbonyl (C=O) groups is 2. The fourth-order valence-electron chi connectivity index (χ4n) is 2.30. The first-order chi connectivity index (χ1) is 8.72. The van der Waals surface area contributed by atoms with Crippen LogP contribution >= 0.6 is 0 Å². The average Bonchev–Trinajstić information content (AvgIpc) is 2.92. The Hall–Kier alpha value is -1.78. The van der Waals surface area contributed by atoms with Crippen LogP contribution in [0.15, 0.2) is 22.8 Å². The van der Waals surface area contributed by atoms with Crippen molar-refractivity contribution in [2.45, 2.75) is 31.7 Å². The molecule has 1 amide bonds. The van der Waals surface area contributed by atoms with E-state index in [1.807, 2.05) is 0 Å². The van der Waals surface area contributed by atoms with Crippen LogP contribution in [0.4, 0.5) is 0 Å². The predicted octanol–water partition coefficient (Wildman–Crippen LogP) is 1.84. The number of rotatable bonds is 3. The highest BCUT2D eigenvalue weighted by Gasteiger charge is 2.30. The lowest BCUT2D eigenvalue weighted by Crippen LogP contribution is -2.44. The third-order valence-electron chi connectivity index (χ3n) is 3.25. The van der Waals surface area contributed by atoms with E-state index in [0.717, 1.165) is 19.3 Å². The second-order valence-corrected chi connectivity index (χ2v) is 4.41. The summed E-state index contributed by atoms with van der Waals surface area (Å²) in [6, 6.07) is 3.25. The summed E-state index contributed by atoms with van der Waals surface area (Å²) in [5.74, 6) is -0.0977. The van der Waals surface area contributed by atoms with Gasteiger partial charge in [0.25, 0.3) is 5.91 Å². The maximum atomic E-state index is 12.2. The minimum absolute atomic E-state index is 0.0798. The molecule has 1 aliphatic rings. The number of esters is 1. The first-order valence-corrected chi connectivity index (χ1v) is 6.13. The molecule has 1 atom stereocenters. The molecule has 1 unspecified atom stereocenters. The fraction of sp³-hybridized carbons (Fsp3) is 0.538. The van der Waals surface area contributed by atoms with E-state index in [9.17, 15) is 9.59 Å². The Morgan fingerprint density at radius 2 is 2.33 bits per heavy atom. The zero-order chi connectivity index (χ0) is 13.0. The van der Waals surface area contributed by atoms with Crippen molar-refractivity contribution in [1.29, 1.82) is 0 Å². The van der Waals surface area contributed by atoms with Crippen molar-refractivity contribution in [2.75, 3.05) is 13.7 Å². The van der Waals surface area contributed by atoms with Gasteiger partial charge in [0, 0.05) is 12.6 Å². The van der Waals surface area contributed by atoms with E-state index in [4.69, 9.17) is 4.42 Å². The molecule has 2 rings (SSSR count). The first-order valence-electron chi connectivity index (χ1n) is 6.13. The van der Waals surface area contributed by atoms with Crippen molar-refractivity contribution in [3.8, 4) is 0 Å². The van der Waals surface area contributed by atoms with E-state index in [-0.39, 0.29) is 24.3 Å². The van der Waals surface area contributed by atoms with E-state index in [1.165, 1.54) is 13.4 Å². The number of hydrogen-bond acceptors (Lipinski definition) is 4. The van der Waals surface area contributed by atoms with Crippen LogP contribution in [0.25, 0.3) is 0 Å². The van der Waals surface area contributed by atoms with Crippen molar-refractivity contribution >= 4 is 11.9 Å². The van der Waals surface area contributed by atoms with Crippen LogP contribution in [0, 0.1) is 0 Å². The number of methoxy groups -OCH3 is 1. The lowest BCUT2D eigenvalue weighted by molar-refractivity contribution is -0.142. The second kappa shape index (κ2) is 5.71. The molecular formula is C13H17NO4. The van der Waals surface area contributed by atoms with E-state index < -0.39 is 0 Å². The molecule has 0 spiro atoms. The quantitative estimate of drug-likeness (QED) is 0.769. The van der Waals surface area contributed by atoms with Gasteiger partial charge in [-0.05, 0) is 31.4 Å². The molecule has 0 aromatic carbocycles. The number of ether oxygens (including phenoxy) is 1. The minimum Gasteiger partial charge on any atom is -0.469 e. The average molecular weight is 251 g/mol. The highest BCUT2D eigenvalue weighted by Crippen LogP contribution is 2.22. The standard InChI is InChI=1S/C13H17NO4/c1-17-12(15)9-10-5-2-3-7-14(10)13(16)11-6-4-8-18-11/h4,6,8,10H,2-3,5,7,9H2,1H3. The number of furan rings is 1. The van der Waals surface area contributed by atoms with E-state index in [1.54, 1.807) is 17.0 Å². The molecule has 5 nitrogen and oxygen atoms in total. The summed E-state index contributed by atoms with van der Waals surface area (Å²) in [6.45, 7) is 0.668. The zero-order valence-corrected chi connectivity index (χ0v) is 10.4. The van der Waals surface area contributed by atoms with Gasteiger partial charge in [-0.1, -0.05) is 0 Å². The molecule has 1 aliphatic heterocycles. The maximum absolute atomic E-state index is 12.2. The third kappa shape index (κ3) is 2.72. The molecule has 2 heterocycles. The number of amides is 1. The second-order valence-electron chi connectivity index (χ2n) is 4.41. The summed E-state index contributed by atoms with van der Waals surface area (Å²) >= 11 is 0. The summed E-state index contributed by atoms with van der Waals surface area (Å²) < 4.78 is 9.79. The first kappa shape index (κ1) is 12.7. The van der Waals surface area contributed by atoms with Crippen LogP contribution < -0.4 is 0 Å². The smallest absolute Gasteiger partial charge is 0.307 e. The summed E-state index contributed by atoms with van der Waals surface area (Å²) in [4.78, 5) is 25.3. The Morgan fingerprint density at radius 3 is 3.00 bits per heavy atom. The van der Waals surface area contributed by atoms with Gasteiger partial charge in [-0.2, -0.15) is 0 Å². The van der Waals surface area contributed by atoms with E-state index >= 15 is 0 Å². The van der Waals surface area contributed by atoms with Gasteiger partial charge in [0.15, 0.2) is 5.76 Å². The Balaban J connectivity index is 2.08. The van der Waals surface area contributed by atoms with Crippen LogP contribution in [0.3, 0.4) is 0 Å². The van der Waals surface area contributed by atoms with Crippen molar-refractivity contribution < 1.29 is 18.7 Å². The Bertz CT molecular complexity index is 413. The van der Waals surface area contributed by atoms with E-state index in [2.05, 4.69) is 4.74 Å². The Labute approximate surface area is 106 Å². The van der Waals surface area contributed by atoms with Gasteiger partial charge in [-0.15, -0.1) is 0 Å². The molecule has 0 saturated carbocycles. The lowest BCUT2D eigenvalue weighted by atomic mass is 9.99. The summed E-state index contributed by atoms with van der Waals surface area (Å²) in [5, 5.41) is 0. The Kier molecular flexibility index (Phi) is 4.02. The number of likely N-dealkylation sites (tertiary alicyclic amines) is 1. The topological polar surface area (TPSA) is 59.8 Å². The highest BCUT2D eigenvalue weighted by atomic mass is 16.5. The van der Waals surface area contributed by atoms with Gasteiger partial charge in [-0.25, -0.2) is 0 Å². The number of nitrogens with zero attached hydrogens (tertiary/aromatic N) is 1. The van der Waals surface area contributed by atoms with Crippen LogP contribution in [0.5, 0.6) is 0 Å². The SMILES string of the molecule is COC(=O)CC1CCCCN1C(=O)c1ccco1. The minimum atomic E-state index is -0.279. The third-order valence-corrected chi connectivity index (χ3v) is 3.25. The monoisotopic (exact) mass is 251 g/mol. The fourth-order valence-corrected chi connectivity index (χ4v) is 2.30. The molecule has 0 bridgehead atoms. The van der Waals surface area contributed by atoms with Crippen LogP contribution in [-0.4, -0.2) is 36.5 Å². The molecular weight excluding hydrogens is 234 g/mol. The van der Waals surface area contributed by atoms with Gasteiger partial charge >= 0.3 is 5.97 Å². The molecule has 5 heteroatoms. The molecule has 0 aliphatic carbocycles. The Morgan fingerprint density at radius 1 is 1.50 bits per heavy atom. The van der Waals surface area contributed by atoms with Gasteiger partial charge in [0.1, 0.15) is 0 Å². The van der Waals surface area contributed by atoms with Crippen molar-refractivity contribution in [3.05, 3.63) is 24.2 Å². The van der Waals surface area contributed by atoms with Crippen LogP contribution in [-0.2, 0) is 9.53 Å². The molecule has 18 heavy (non-hydrogen) atoms. The van der Waals surface area contributed by atoms with Gasteiger partial charge in [0.05, 0.1) is 19.8 Å². The highest BCUT2D eigenvalue weighted by molar-refractivity contribution is 5.92. The van der Waals surface area contributed by atoms with Crippen molar-refractivity contribution in [2.24, 2.45) is 0 Å². The lowest BCUT2D eigenvalue weighted by Gasteiger charge is -2.34. The molecule has 1 aromatic heterocycles. The van der Waals surface area contributed by atoms with Gasteiger partial charge in [-0.3, -0.25) is 9.59 Å². The number of hydrogen-bond donors (Lipinski definition) is 0. The molecule has 1 saturated heterocycles. The molecule has 1 aromatic rings. The van der Waals surface area contributed by atoms with Gasteiger partial charge < -0.3 is 14.1 Å². The molecule has 98 valence electrons. The maximum Gasteiger partial charge on any atom is 0.307 e. The van der Waals surface area contributed by atoms with E-state index in [0.29, 0.717) is 12.3 Å². The van der Waals surface area contributed by atoms with Crippen LogP contribution in [0.2, 0.25) is 0 Å². The molecule has 1 fully saturated rings. The number of carbonyl (C=O) groups excluding carboxylic acids is 2. The molecule has 0 radical (unpaired) electrons. The zero-order valence-electron chi connectivity index (χ0n) is 10.4. The summed E-state index contributed by atoms with van der Waals surface area (Å²) in [5.41, 5.74) is 0. The van der Waals surface area contributed by atoms with Crippen molar-refractivity contribution in [3.63, 3.8) is 0 Å². The van der Waals surface area contributed by atoms with Crippen LogP contribution in [0.1, 0.15) is 36.2 Å². The normalized spacial score (nSPS) is 19.6. The predicted molar refractivity (Wildman–Crippen MR) is 64.0 cm³/mol.